The van der Waals surface area contributed by atoms with Crippen molar-refractivity contribution < 1.29 is 4.74 Å². The number of anilines is 1. The molecule has 0 bridgehead atoms. The van der Waals surface area contributed by atoms with Gasteiger partial charge < -0.3 is 15.0 Å². The lowest BCUT2D eigenvalue weighted by Gasteiger charge is -2.28. The largest absolute Gasteiger partial charge is 0.460 e. The molecule has 1 aliphatic carbocycles. The van der Waals surface area contributed by atoms with Gasteiger partial charge in [-0.3, -0.25) is 4.79 Å². The number of pyridine rings is 1. The molecule has 0 amide bonds. The maximum Gasteiger partial charge on any atom is 0.320 e. The predicted octanol–water partition coefficient (Wildman–Crippen LogP) is 1.85. The van der Waals surface area contributed by atoms with Crippen LogP contribution in [-0.2, 0) is 6.54 Å². The maximum absolute atomic E-state index is 12.0. The summed E-state index contributed by atoms with van der Waals surface area (Å²) in [6.45, 7) is 2.23. The van der Waals surface area contributed by atoms with Gasteiger partial charge in [0.2, 0.25) is 0 Å². The lowest BCUT2D eigenvalue weighted by Crippen LogP contribution is -2.29. The topological polar surface area (TPSA) is 107 Å². The molecule has 7 nitrogen and oxygen atoms in total. The summed E-state index contributed by atoms with van der Waals surface area (Å²) in [5.41, 5.74) is 6.01. The van der Waals surface area contributed by atoms with E-state index in [0.29, 0.717) is 11.6 Å². The van der Waals surface area contributed by atoms with Gasteiger partial charge in [-0.25, -0.2) is 0 Å². The molecule has 23 heavy (non-hydrogen) atoms. The molecule has 2 N–H and O–H groups in total. The molecule has 1 fully saturated rings. The van der Waals surface area contributed by atoms with Crippen LogP contribution in [0.25, 0.3) is 11.0 Å². The zero-order valence-electron chi connectivity index (χ0n) is 13.0. The average Bonchev–Trinajstić information content (AvgIpc) is 2.52. The summed E-state index contributed by atoms with van der Waals surface area (Å²) in [5.74, 6) is 0.520. The summed E-state index contributed by atoms with van der Waals surface area (Å²) >= 11 is 0. The van der Waals surface area contributed by atoms with Crippen molar-refractivity contribution in [3.8, 4) is 12.1 Å². The SMILES string of the molecule is C[C@H]1CCCC[C@H]1Oc1nc(N)c2c(=O)ccn(CC#N)c2n1. The van der Waals surface area contributed by atoms with E-state index < -0.39 is 0 Å². The van der Waals surface area contributed by atoms with Crippen LogP contribution in [0.4, 0.5) is 5.82 Å². The number of hydrogen-bond acceptors (Lipinski definition) is 6. The van der Waals surface area contributed by atoms with Gasteiger partial charge in [0.25, 0.3) is 0 Å². The molecular formula is C16H19N5O2. The van der Waals surface area contributed by atoms with Gasteiger partial charge in [-0.2, -0.15) is 15.2 Å². The van der Waals surface area contributed by atoms with E-state index in [2.05, 4.69) is 16.9 Å². The molecule has 7 heteroatoms. The van der Waals surface area contributed by atoms with Crippen LogP contribution >= 0.6 is 0 Å². The van der Waals surface area contributed by atoms with Gasteiger partial charge in [0, 0.05) is 12.3 Å². The summed E-state index contributed by atoms with van der Waals surface area (Å²) in [4.78, 5) is 20.5. The van der Waals surface area contributed by atoms with E-state index in [4.69, 9.17) is 15.7 Å². The van der Waals surface area contributed by atoms with Crippen molar-refractivity contribution in [1.82, 2.24) is 14.5 Å². The highest BCUT2D eigenvalue weighted by Gasteiger charge is 2.24. The summed E-state index contributed by atoms with van der Waals surface area (Å²) in [6.07, 6.45) is 6.00. The van der Waals surface area contributed by atoms with Crippen molar-refractivity contribution in [2.75, 3.05) is 5.73 Å². The minimum Gasteiger partial charge on any atom is -0.460 e. The molecule has 2 aromatic heterocycles. The Balaban J connectivity index is 2.04. The predicted molar refractivity (Wildman–Crippen MR) is 85.9 cm³/mol. The monoisotopic (exact) mass is 313 g/mol. The quantitative estimate of drug-likeness (QED) is 0.926. The zero-order chi connectivity index (χ0) is 16.4. The average molecular weight is 313 g/mol. The Labute approximate surface area is 133 Å². The third-order valence-corrected chi connectivity index (χ3v) is 4.35. The molecule has 0 spiro atoms. The Kier molecular flexibility index (Phi) is 4.15. The first kappa shape index (κ1) is 15.3. The Morgan fingerprint density at radius 3 is 2.96 bits per heavy atom. The number of rotatable bonds is 3. The van der Waals surface area contributed by atoms with Crippen molar-refractivity contribution in [1.29, 1.82) is 5.26 Å². The summed E-state index contributed by atoms with van der Waals surface area (Å²) < 4.78 is 7.50. The molecule has 0 aliphatic heterocycles. The molecule has 2 atom stereocenters. The number of nitrogen functional groups attached to an aromatic ring is 1. The van der Waals surface area contributed by atoms with Gasteiger partial charge in [0.15, 0.2) is 11.1 Å². The molecule has 120 valence electrons. The highest BCUT2D eigenvalue weighted by Crippen LogP contribution is 2.27. The number of fused-ring (bicyclic) bond motifs is 1. The minimum atomic E-state index is -0.260. The highest BCUT2D eigenvalue weighted by molar-refractivity contribution is 5.85. The Morgan fingerprint density at radius 1 is 1.43 bits per heavy atom. The number of ether oxygens (including phenoxy) is 1. The van der Waals surface area contributed by atoms with Gasteiger partial charge in [0.1, 0.15) is 23.9 Å². The third-order valence-electron chi connectivity index (χ3n) is 4.35. The van der Waals surface area contributed by atoms with Crippen LogP contribution in [0, 0.1) is 17.2 Å². The molecule has 0 unspecified atom stereocenters. The second-order valence-corrected chi connectivity index (χ2v) is 5.97. The number of nitrogens with two attached hydrogens (primary N) is 1. The van der Waals surface area contributed by atoms with Gasteiger partial charge in [-0.05, 0) is 25.2 Å². The number of aromatic nitrogens is 3. The lowest BCUT2D eigenvalue weighted by molar-refractivity contribution is 0.0928. The van der Waals surface area contributed by atoms with Crippen LogP contribution in [0.15, 0.2) is 17.1 Å². The Morgan fingerprint density at radius 2 is 2.22 bits per heavy atom. The second kappa shape index (κ2) is 6.24. The van der Waals surface area contributed by atoms with Gasteiger partial charge >= 0.3 is 6.01 Å². The van der Waals surface area contributed by atoms with Crippen LogP contribution in [-0.4, -0.2) is 20.6 Å². The first-order chi connectivity index (χ1) is 11.1. The second-order valence-electron chi connectivity index (χ2n) is 5.97. The Hall–Kier alpha value is -2.62. The molecule has 3 rings (SSSR count). The van der Waals surface area contributed by atoms with Crippen LogP contribution in [0.1, 0.15) is 32.6 Å². The number of hydrogen-bond donors (Lipinski definition) is 1. The standard InChI is InChI=1S/C16H19N5O2/c1-10-4-2-3-5-12(10)23-16-19-14(18)13-11(22)6-8-21(9-7-17)15(13)20-16/h6,8,10,12H,2-5,9H2,1H3,(H2,18,19,20)/t10-,12+/m0/s1. The number of nitriles is 1. The van der Waals surface area contributed by atoms with E-state index in [1.54, 1.807) is 4.57 Å². The maximum atomic E-state index is 12.0. The van der Waals surface area contributed by atoms with Crippen LogP contribution in [0.3, 0.4) is 0 Å². The summed E-state index contributed by atoms with van der Waals surface area (Å²) in [7, 11) is 0. The molecule has 1 saturated carbocycles. The van der Waals surface area contributed by atoms with Crippen LogP contribution in [0.2, 0.25) is 0 Å². The lowest BCUT2D eigenvalue weighted by atomic mass is 9.88. The fourth-order valence-corrected chi connectivity index (χ4v) is 3.05. The normalized spacial score (nSPS) is 21.0. The molecule has 0 saturated heterocycles. The summed E-state index contributed by atoms with van der Waals surface area (Å²) in [5, 5.41) is 9.16. The first-order valence-corrected chi connectivity index (χ1v) is 7.80. The first-order valence-electron chi connectivity index (χ1n) is 7.80. The van der Waals surface area contributed by atoms with E-state index in [-0.39, 0.29) is 35.3 Å². The minimum absolute atomic E-state index is 0.0560. The summed E-state index contributed by atoms with van der Waals surface area (Å²) in [6, 6.07) is 3.58. The highest BCUT2D eigenvalue weighted by atomic mass is 16.5. The van der Waals surface area contributed by atoms with Crippen LogP contribution < -0.4 is 15.9 Å². The molecule has 2 aromatic rings. The molecule has 0 aromatic carbocycles. The van der Waals surface area contributed by atoms with Crippen molar-refractivity contribution in [2.45, 2.75) is 45.3 Å². The van der Waals surface area contributed by atoms with Crippen molar-refractivity contribution >= 4 is 16.9 Å². The van der Waals surface area contributed by atoms with Gasteiger partial charge in [0.05, 0.1) is 6.07 Å². The van der Waals surface area contributed by atoms with Crippen molar-refractivity contribution in [3.05, 3.63) is 22.5 Å². The van der Waals surface area contributed by atoms with E-state index >= 15 is 0 Å². The molecular weight excluding hydrogens is 294 g/mol. The van der Waals surface area contributed by atoms with E-state index in [9.17, 15) is 4.79 Å². The van der Waals surface area contributed by atoms with Gasteiger partial charge in [-0.1, -0.05) is 13.3 Å². The van der Waals surface area contributed by atoms with Gasteiger partial charge in [-0.15, -0.1) is 0 Å². The van der Waals surface area contributed by atoms with Crippen molar-refractivity contribution in [3.63, 3.8) is 0 Å². The van der Waals surface area contributed by atoms with Crippen LogP contribution in [0.5, 0.6) is 6.01 Å². The van der Waals surface area contributed by atoms with Crippen molar-refractivity contribution in [2.24, 2.45) is 5.92 Å². The van der Waals surface area contributed by atoms with E-state index in [1.807, 2.05) is 6.07 Å². The molecule has 0 radical (unpaired) electrons. The number of nitrogens with zero attached hydrogens (tertiary/aromatic N) is 4. The zero-order valence-corrected chi connectivity index (χ0v) is 13.0. The fraction of sp³-hybridized carbons (Fsp3) is 0.500. The molecule has 1 aliphatic rings. The molecule has 2 heterocycles. The van der Waals surface area contributed by atoms with E-state index in [0.717, 1.165) is 19.3 Å². The van der Waals surface area contributed by atoms with E-state index in [1.165, 1.54) is 18.7 Å². The fourth-order valence-electron chi connectivity index (χ4n) is 3.05. The Bertz CT molecular complexity index is 824. The third kappa shape index (κ3) is 2.97. The smallest absolute Gasteiger partial charge is 0.320 e.